The van der Waals surface area contributed by atoms with E-state index in [4.69, 9.17) is 20.9 Å². The average Bonchev–Trinajstić information content (AvgIpc) is 2.69. The Kier molecular flexibility index (Phi) is 8.64. The van der Waals surface area contributed by atoms with Crippen molar-refractivity contribution in [3.05, 3.63) is 0 Å². The lowest BCUT2D eigenvalue weighted by Gasteiger charge is -2.31. The molecule has 2 aliphatic rings. The number of nitrogens with one attached hydrogen (secondary N) is 2. The molecule has 0 aliphatic heterocycles. The highest BCUT2D eigenvalue weighted by Gasteiger charge is 2.33. The van der Waals surface area contributed by atoms with Crippen molar-refractivity contribution in [1.82, 2.24) is 10.6 Å². The summed E-state index contributed by atoms with van der Waals surface area (Å²) in [6, 6.07) is -0.0412. The molecule has 0 unspecified atom stereocenters. The third-order valence-corrected chi connectivity index (χ3v) is 5.90. The second kappa shape index (κ2) is 10.6. The summed E-state index contributed by atoms with van der Waals surface area (Å²) < 4.78 is 10.6. The van der Waals surface area contributed by atoms with Crippen molar-refractivity contribution in [1.29, 1.82) is 0 Å². The molecule has 2 amide bonds. The number of amides is 2. The molecule has 0 heterocycles. The van der Waals surface area contributed by atoms with E-state index in [0.29, 0.717) is 51.4 Å². The predicted molar refractivity (Wildman–Crippen MR) is 117 cm³/mol. The first-order chi connectivity index (χ1) is 14.8. The van der Waals surface area contributed by atoms with Gasteiger partial charge in [-0.15, -0.1) is 0 Å². The summed E-state index contributed by atoms with van der Waals surface area (Å²) >= 11 is 0. The quantitative estimate of drug-likeness (QED) is 0.331. The molecule has 2 aliphatic carbocycles. The maximum atomic E-state index is 12.1. The van der Waals surface area contributed by atoms with Crippen LogP contribution >= 0.6 is 0 Å². The minimum Gasteiger partial charge on any atom is -0.454 e. The summed E-state index contributed by atoms with van der Waals surface area (Å²) in [5, 5.41) is 5.81. The Bertz CT molecular complexity index is 636. The summed E-state index contributed by atoms with van der Waals surface area (Å²) in [5.74, 6) is -2.41. The number of hydrogen-bond donors (Lipinski definition) is 4. The molecular weight excluding hydrogens is 416 g/mol. The molecule has 0 aromatic carbocycles. The lowest BCUT2D eigenvalue weighted by Crippen LogP contribution is -2.53. The number of carbonyl (C=O) groups is 4. The van der Waals surface area contributed by atoms with E-state index in [-0.39, 0.29) is 36.1 Å². The van der Waals surface area contributed by atoms with Crippen molar-refractivity contribution in [2.45, 2.75) is 114 Å². The molecular formula is C22H38N4O6. The maximum Gasteiger partial charge on any atom is 0.417 e. The first-order valence-electron chi connectivity index (χ1n) is 11.4. The number of rotatable bonds is 6. The lowest BCUT2D eigenvalue weighted by molar-refractivity contribution is -0.176. The summed E-state index contributed by atoms with van der Waals surface area (Å²) in [6.45, 7) is 6.57. The van der Waals surface area contributed by atoms with Gasteiger partial charge in [0, 0.05) is 12.1 Å². The van der Waals surface area contributed by atoms with Gasteiger partial charge in [0.15, 0.2) is 0 Å². The van der Waals surface area contributed by atoms with Gasteiger partial charge in [-0.25, -0.2) is 9.59 Å². The van der Waals surface area contributed by atoms with Gasteiger partial charge in [-0.05, 0) is 79.1 Å². The van der Waals surface area contributed by atoms with Gasteiger partial charge >= 0.3 is 11.9 Å². The van der Waals surface area contributed by atoms with E-state index < -0.39 is 23.0 Å². The van der Waals surface area contributed by atoms with E-state index in [1.54, 1.807) is 27.7 Å². The van der Waals surface area contributed by atoms with Crippen LogP contribution in [-0.4, -0.2) is 59.1 Å². The normalized spacial score (nSPS) is 26.6. The van der Waals surface area contributed by atoms with Gasteiger partial charge in [0.1, 0.15) is 12.2 Å². The maximum absolute atomic E-state index is 12.1. The lowest BCUT2D eigenvalue weighted by atomic mass is 9.92. The van der Waals surface area contributed by atoms with E-state index >= 15 is 0 Å². The smallest absolute Gasteiger partial charge is 0.417 e. The molecule has 2 rings (SSSR count). The monoisotopic (exact) mass is 454 g/mol. The molecule has 0 saturated heterocycles. The van der Waals surface area contributed by atoms with Crippen LogP contribution in [0.3, 0.4) is 0 Å². The second-order valence-electron chi connectivity index (χ2n) is 10.1. The number of hydrogen-bond acceptors (Lipinski definition) is 8. The SMILES string of the molecule is CC(C)(N)C(=O)NC1CCC(OC(=O)C(=O)OC2CCC(NC(=O)C(C)(C)N)CC2)CC1. The summed E-state index contributed by atoms with van der Waals surface area (Å²) in [6.07, 6.45) is 4.03. The molecule has 10 nitrogen and oxygen atoms in total. The van der Waals surface area contributed by atoms with Gasteiger partial charge in [-0.3, -0.25) is 9.59 Å². The van der Waals surface area contributed by atoms with E-state index in [2.05, 4.69) is 10.6 Å². The van der Waals surface area contributed by atoms with Crippen LogP contribution in [0.15, 0.2) is 0 Å². The molecule has 0 spiro atoms. The van der Waals surface area contributed by atoms with Crippen molar-refractivity contribution >= 4 is 23.8 Å². The van der Waals surface area contributed by atoms with Crippen LogP contribution in [0.25, 0.3) is 0 Å². The Labute approximate surface area is 189 Å². The standard InChI is InChI=1S/C22H38N4O6/c1-21(2,23)19(29)25-13-5-9-15(10-6-13)31-17(27)18(28)32-16-11-7-14(8-12-16)26-20(30)22(3,4)24/h13-16H,5-12,23-24H2,1-4H3,(H,25,29)(H,26,30). The summed E-state index contributed by atoms with van der Waals surface area (Å²) in [5.41, 5.74) is 9.69. The number of nitrogens with two attached hydrogens (primary N) is 2. The van der Waals surface area contributed by atoms with Crippen LogP contribution in [0.4, 0.5) is 0 Å². The Morgan fingerprint density at radius 3 is 1.16 bits per heavy atom. The van der Waals surface area contributed by atoms with Gasteiger partial charge in [-0.1, -0.05) is 0 Å². The van der Waals surface area contributed by atoms with Gasteiger partial charge in [0.25, 0.3) is 0 Å². The molecule has 32 heavy (non-hydrogen) atoms. The Hall–Kier alpha value is -2.20. The Morgan fingerprint density at radius 1 is 0.625 bits per heavy atom. The number of carbonyl (C=O) groups excluding carboxylic acids is 4. The average molecular weight is 455 g/mol. The van der Waals surface area contributed by atoms with E-state index in [9.17, 15) is 19.2 Å². The minimum atomic E-state index is -0.985. The zero-order valence-electron chi connectivity index (χ0n) is 19.6. The predicted octanol–water partition coefficient (Wildman–Crippen LogP) is 0.402. The van der Waals surface area contributed by atoms with Gasteiger partial charge in [-0.2, -0.15) is 0 Å². The Balaban J connectivity index is 1.67. The third-order valence-electron chi connectivity index (χ3n) is 5.90. The molecule has 0 bridgehead atoms. The summed E-state index contributed by atoms with van der Waals surface area (Å²) in [4.78, 5) is 48.2. The van der Waals surface area contributed by atoms with Crippen LogP contribution in [0, 0.1) is 0 Å². The van der Waals surface area contributed by atoms with E-state index in [1.165, 1.54) is 0 Å². The van der Waals surface area contributed by atoms with Crippen molar-refractivity contribution in [3.8, 4) is 0 Å². The fourth-order valence-corrected chi connectivity index (χ4v) is 3.79. The molecule has 0 radical (unpaired) electrons. The van der Waals surface area contributed by atoms with Crippen molar-refractivity contribution in [2.75, 3.05) is 0 Å². The molecule has 0 aromatic rings. The number of ether oxygens (including phenoxy) is 2. The largest absolute Gasteiger partial charge is 0.454 e. The van der Waals surface area contributed by atoms with Crippen LogP contribution in [0.1, 0.15) is 79.1 Å². The molecule has 2 saturated carbocycles. The molecule has 2 fully saturated rings. The fourth-order valence-electron chi connectivity index (χ4n) is 3.79. The first kappa shape index (κ1) is 26.1. The van der Waals surface area contributed by atoms with E-state index in [1.807, 2.05) is 0 Å². The van der Waals surface area contributed by atoms with Gasteiger partial charge in [0.2, 0.25) is 11.8 Å². The van der Waals surface area contributed by atoms with Crippen molar-refractivity contribution < 1.29 is 28.7 Å². The first-order valence-corrected chi connectivity index (χ1v) is 11.4. The van der Waals surface area contributed by atoms with Crippen LogP contribution in [0.5, 0.6) is 0 Å². The number of esters is 2. The van der Waals surface area contributed by atoms with Crippen LogP contribution in [0.2, 0.25) is 0 Å². The second-order valence-corrected chi connectivity index (χ2v) is 10.1. The molecule has 6 N–H and O–H groups in total. The highest BCUT2D eigenvalue weighted by Crippen LogP contribution is 2.24. The van der Waals surface area contributed by atoms with Crippen molar-refractivity contribution in [3.63, 3.8) is 0 Å². The Morgan fingerprint density at radius 2 is 0.906 bits per heavy atom. The fraction of sp³-hybridized carbons (Fsp3) is 0.818. The van der Waals surface area contributed by atoms with E-state index in [0.717, 1.165) is 0 Å². The third kappa shape index (κ3) is 8.05. The molecule has 0 atom stereocenters. The van der Waals surface area contributed by atoms with Crippen LogP contribution in [-0.2, 0) is 28.7 Å². The zero-order chi connectivity index (χ0) is 24.1. The topological polar surface area (TPSA) is 163 Å². The molecule has 182 valence electrons. The van der Waals surface area contributed by atoms with Crippen LogP contribution < -0.4 is 22.1 Å². The molecule has 0 aromatic heterocycles. The highest BCUT2D eigenvalue weighted by atomic mass is 16.6. The highest BCUT2D eigenvalue weighted by molar-refractivity contribution is 6.29. The zero-order valence-corrected chi connectivity index (χ0v) is 19.6. The van der Waals surface area contributed by atoms with Gasteiger partial charge in [0.05, 0.1) is 11.1 Å². The summed E-state index contributed by atoms with van der Waals surface area (Å²) in [7, 11) is 0. The minimum absolute atomic E-state index is 0.0206. The van der Waals surface area contributed by atoms with Crippen molar-refractivity contribution in [2.24, 2.45) is 11.5 Å². The van der Waals surface area contributed by atoms with Gasteiger partial charge < -0.3 is 31.6 Å². The molecule has 10 heteroatoms.